The normalized spacial score (nSPS) is 10.4. The summed E-state index contributed by atoms with van der Waals surface area (Å²) in [6.07, 6.45) is 1.96. The van der Waals surface area contributed by atoms with Crippen molar-refractivity contribution >= 4 is 39.7 Å². The zero-order valence-electron chi connectivity index (χ0n) is 12.3. The van der Waals surface area contributed by atoms with Gasteiger partial charge in [0.1, 0.15) is 9.88 Å². The first-order chi connectivity index (χ1) is 10.1. The molecule has 4 N–H and O–H groups in total. The number of benzene rings is 1. The highest BCUT2D eigenvalue weighted by Crippen LogP contribution is 2.41. The number of anilines is 2. The number of aryl methyl sites for hydroxylation is 1. The largest absolute Gasteiger partial charge is 0.396 e. The Labute approximate surface area is 133 Å². The van der Waals surface area contributed by atoms with Gasteiger partial charge >= 0.3 is 0 Å². The summed E-state index contributed by atoms with van der Waals surface area (Å²) in [6, 6.07) is 8.37. The van der Waals surface area contributed by atoms with Gasteiger partial charge in [0.25, 0.3) is 5.91 Å². The van der Waals surface area contributed by atoms with Crippen LogP contribution in [0.15, 0.2) is 29.2 Å². The maximum atomic E-state index is 11.8. The lowest BCUT2D eigenvalue weighted by Gasteiger charge is -2.06. The number of carbonyl (C=O) groups is 1. The molecule has 21 heavy (non-hydrogen) atoms. The van der Waals surface area contributed by atoms with Crippen molar-refractivity contribution < 1.29 is 4.79 Å². The molecule has 0 atom stereocenters. The van der Waals surface area contributed by atoms with Gasteiger partial charge in [-0.3, -0.25) is 4.79 Å². The van der Waals surface area contributed by atoms with Gasteiger partial charge in [-0.25, -0.2) is 0 Å². The van der Waals surface area contributed by atoms with Crippen LogP contribution in [0.2, 0.25) is 0 Å². The summed E-state index contributed by atoms with van der Waals surface area (Å²) in [4.78, 5) is 13.3. The van der Waals surface area contributed by atoms with Crippen molar-refractivity contribution in [3.8, 4) is 0 Å². The van der Waals surface area contributed by atoms with E-state index in [-0.39, 0.29) is 5.91 Å². The SMILES string of the molecule is CNC(=O)c1sc(NCc2ccc(C)cc2)c(SC)c1N. The van der Waals surface area contributed by atoms with Crippen molar-refractivity contribution in [2.45, 2.75) is 18.4 Å². The third kappa shape index (κ3) is 3.51. The molecule has 2 aromatic rings. The average molecular weight is 321 g/mol. The van der Waals surface area contributed by atoms with Gasteiger partial charge in [0, 0.05) is 13.6 Å². The van der Waals surface area contributed by atoms with Crippen LogP contribution in [-0.2, 0) is 6.54 Å². The van der Waals surface area contributed by atoms with Crippen LogP contribution >= 0.6 is 23.1 Å². The number of amides is 1. The molecule has 0 saturated carbocycles. The van der Waals surface area contributed by atoms with E-state index in [4.69, 9.17) is 5.73 Å². The molecule has 0 fully saturated rings. The third-order valence-corrected chi connectivity index (χ3v) is 5.23. The Morgan fingerprint density at radius 3 is 2.57 bits per heavy atom. The van der Waals surface area contributed by atoms with Gasteiger partial charge in [-0.15, -0.1) is 23.1 Å². The molecule has 6 heteroatoms. The summed E-state index contributed by atoms with van der Waals surface area (Å²) in [7, 11) is 1.61. The Bertz CT molecular complexity index is 635. The number of thiophene rings is 1. The zero-order valence-corrected chi connectivity index (χ0v) is 14.0. The molecule has 0 aliphatic carbocycles. The van der Waals surface area contributed by atoms with Crippen molar-refractivity contribution in [2.75, 3.05) is 24.4 Å². The Morgan fingerprint density at radius 2 is 2.00 bits per heavy atom. The van der Waals surface area contributed by atoms with E-state index >= 15 is 0 Å². The minimum atomic E-state index is -0.142. The Morgan fingerprint density at radius 1 is 1.33 bits per heavy atom. The van der Waals surface area contributed by atoms with Gasteiger partial charge in [0.05, 0.1) is 10.6 Å². The topological polar surface area (TPSA) is 67.2 Å². The standard InChI is InChI=1S/C15H19N3OS2/c1-9-4-6-10(7-5-9)8-18-15-13(20-3)11(16)12(21-15)14(19)17-2/h4-7,18H,8,16H2,1-3H3,(H,17,19). The molecular formula is C15H19N3OS2. The Balaban J connectivity index is 2.19. The molecular weight excluding hydrogens is 302 g/mol. The molecule has 1 heterocycles. The summed E-state index contributed by atoms with van der Waals surface area (Å²) >= 11 is 2.95. The lowest BCUT2D eigenvalue weighted by molar-refractivity contribution is 0.0968. The van der Waals surface area contributed by atoms with Crippen molar-refractivity contribution in [3.05, 3.63) is 40.3 Å². The quantitative estimate of drug-likeness (QED) is 0.739. The average Bonchev–Trinajstić information content (AvgIpc) is 2.82. The highest BCUT2D eigenvalue weighted by Gasteiger charge is 2.19. The summed E-state index contributed by atoms with van der Waals surface area (Å²) in [6.45, 7) is 2.78. The van der Waals surface area contributed by atoms with Crippen LogP contribution in [0.1, 0.15) is 20.8 Å². The predicted molar refractivity (Wildman–Crippen MR) is 92.4 cm³/mol. The van der Waals surface area contributed by atoms with Crippen LogP contribution in [0, 0.1) is 6.92 Å². The van der Waals surface area contributed by atoms with E-state index in [0.29, 0.717) is 17.1 Å². The molecule has 1 aromatic carbocycles. The lowest BCUT2D eigenvalue weighted by atomic mass is 10.1. The van der Waals surface area contributed by atoms with Crippen molar-refractivity contribution in [1.82, 2.24) is 5.32 Å². The van der Waals surface area contributed by atoms with E-state index in [1.807, 2.05) is 6.26 Å². The number of hydrogen-bond acceptors (Lipinski definition) is 5. The number of nitrogens with one attached hydrogen (secondary N) is 2. The van der Waals surface area contributed by atoms with Crippen LogP contribution in [0.4, 0.5) is 10.7 Å². The maximum Gasteiger partial charge on any atom is 0.263 e. The fraction of sp³-hybridized carbons (Fsp3) is 0.267. The van der Waals surface area contributed by atoms with Crippen LogP contribution in [0.3, 0.4) is 0 Å². The minimum Gasteiger partial charge on any atom is -0.396 e. The first-order valence-electron chi connectivity index (χ1n) is 6.54. The molecule has 0 unspecified atom stereocenters. The molecule has 0 bridgehead atoms. The van der Waals surface area contributed by atoms with Crippen LogP contribution in [-0.4, -0.2) is 19.2 Å². The number of nitrogen functional groups attached to an aromatic ring is 1. The van der Waals surface area contributed by atoms with E-state index in [0.717, 1.165) is 9.90 Å². The molecule has 0 radical (unpaired) electrons. The molecule has 4 nitrogen and oxygen atoms in total. The molecule has 0 spiro atoms. The minimum absolute atomic E-state index is 0.142. The van der Waals surface area contributed by atoms with Crippen LogP contribution in [0.5, 0.6) is 0 Å². The highest BCUT2D eigenvalue weighted by molar-refractivity contribution is 7.99. The summed E-state index contributed by atoms with van der Waals surface area (Å²) in [5, 5.41) is 6.94. The van der Waals surface area contributed by atoms with E-state index in [2.05, 4.69) is 41.8 Å². The number of rotatable bonds is 5. The summed E-state index contributed by atoms with van der Waals surface area (Å²) in [5.74, 6) is -0.142. The lowest BCUT2D eigenvalue weighted by Crippen LogP contribution is -2.17. The van der Waals surface area contributed by atoms with Gasteiger partial charge in [-0.05, 0) is 18.7 Å². The fourth-order valence-electron chi connectivity index (χ4n) is 1.92. The van der Waals surface area contributed by atoms with Gasteiger partial charge in [-0.1, -0.05) is 29.8 Å². The number of hydrogen-bond donors (Lipinski definition) is 3. The Hall–Kier alpha value is -1.66. The molecule has 112 valence electrons. The predicted octanol–water partition coefficient (Wildman–Crippen LogP) is 3.33. The van der Waals surface area contributed by atoms with Gasteiger partial charge in [-0.2, -0.15) is 0 Å². The first kappa shape index (κ1) is 15.7. The fourth-order valence-corrected chi connectivity index (χ4v) is 3.90. The maximum absolute atomic E-state index is 11.8. The summed E-state index contributed by atoms with van der Waals surface area (Å²) < 4.78 is 0. The van der Waals surface area contributed by atoms with E-state index < -0.39 is 0 Å². The van der Waals surface area contributed by atoms with Gasteiger partial charge in [0.15, 0.2) is 0 Å². The molecule has 2 rings (SSSR count). The molecule has 0 aliphatic rings. The van der Waals surface area contributed by atoms with Crippen molar-refractivity contribution in [3.63, 3.8) is 0 Å². The number of nitrogens with two attached hydrogens (primary N) is 1. The smallest absolute Gasteiger partial charge is 0.263 e. The Kier molecular flexibility index (Phi) is 5.14. The molecule has 1 aromatic heterocycles. The second-order valence-electron chi connectivity index (χ2n) is 4.63. The molecule has 1 amide bonds. The summed E-state index contributed by atoms with van der Waals surface area (Å²) in [5.41, 5.74) is 9.06. The zero-order chi connectivity index (χ0) is 15.4. The number of thioether (sulfide) groups is 1. The monoisotopic (exact) mass is 321 g/mol. The second kappa shape index (κ2) is 6.87. The van der Waals surface area contributed by atoms with Crippen molar-refractivity contribution in [1.29, 1.82) is 0 Å². The second-order valence-corrected chi connectivity index (χ2v) is 6.46. The number of carbonyl (C=O) groups excluding carboxylic acids is 1. The third-order valence-electron chi connectivity index (χ3n) is 3.11. The molecule has 0 aliphatic heterocycles. The van der Waals surface area contributed by atoms with Gasteiger partial charge in [0.2, 0.25) is 0 Å². The van der Waals surface area contributed by atoms with E-state index in [9.17, 15) is 4.79 Å². The first-order valence-corrected chi connectivity index (χ1v) is 8.58. The highest BCUT2D eigenvalue weighted by atomic mass is 32.2. The van der Waals surface area contributed by atoms with E-state index in [1.54, 1.807) is 18.8 Å². The van der Waals surface area contributed by atoms with E-state index in [1.165, 1.54) is 22.5 Å². The van der Waals surface area contributed by atoms with Crippen LogP contribution in [0.25, 0.3) is 0 Å². The van der Waals surface area contributed by atoms with Crippen molar-refractivity contribution in [2.24, 2.45) is 0 Å². The van der Waals surface area contributed by atoms with Gasteiger partial charge < -0.3 is 16.4 Å². The molecule has 0 saturated heterocycles. The van der Waals surface area contributed by atoms with Crippen LogP contribution < -0.4 is 16.4 Å².